The number of fused-ring (bicyclic) bond motifs is 1. The first kappa shape index (κ1) is 14.4. The summed E-state index contributed by atoms with van der Waals surface area (Å²) in [6.45, 7) is 4.88. The largest absolute Gasteiger partial charge is 0.508 e. The second-order valence-electron chi connectivity index (χ2n) is 6.17. The van der Waals surface area contributed by atoms with Gasteiger partial charge < -0.3 is 15.5 Å². The van der Waals surface area contributed by atoms with Gasteiger partial charge in [-0.3, -0.25) is 0 Å². The van der Waals surface area contributed by atoms with Crippen molar-refractivity contribution in [2.45, 2.75) is 19.4 Å². The molecule has 0 aromatic heterocycles. The predicted octanol–water partition coefficient (Wildman–Crippen LogP) is 2.89. The molecular formula is C18H21N2O2+. The molecular weight excluding hydrogens is 276 g/mol. The molecule has 0 amide bonds. The molecule has 1 aliphatic heterocycles. The number of hydrogen-bond donors (Lipinski definition) is 3. The van der Waals surface area contributed by atoms with Gasteiger partial charge in [-0.1, -0.05) is 12.1 Å². The van der Waals surface area contributed by atoms with E-state index in [1.54, 1.807) is 18.2 Å². The number of phenolic OH excluding ortho intramolecular Hbond substituents is 2. The Hall–Kier alpha value is -2.49. The van der Waals surface area contributed by atoms with Gasteiger partial charge in [-0.25, -0.2) is 4.58 Å². The van der Waals surface area contributed by atoms with Gasteiger partial charge in [0, 0.05) is 19.4 Å². The highest BCUT2D eigenvalue weighted by atomic mass is 16.3. The van der Waals surface area contributed by atoms with E-state index in [0.29, 0.717) is 12.2 Å². The van der Waals surface area contributed by atoms with Gasteiger partial charge in [0.25, 0.3) is 0 Å². The lowest BCUT2D eigenvalue weighted by atomic mass is 9.92. The number of aromatic hydroxyl groups is 2. The molecule has 1 heterocycles. The van der Waals surface area contributed by atoms with Gasteiger partial charge >= 0.3 is 0 Å². The van der Waals surface area contributed by atoms with Crippen molar-refractivity contribution in [2.24, 2.45) is 0 Å². The Bertz CT molecular complexity index is 763. The SMILES string of the molecule is C[N+]1=C(CNc2ccccc2O)c2ccc(O)cc2C1(C)C. The molecule has 3 rings (SSSR count). The van der Waals surface area contributed by atoms with Crippen molar-refractivity contribution < 1.29 is 14.8 Å². The fourth-order valence-corrected chi connectivity index (χ4v) is 3.00. The highest BCUT2D eigenvalue weighted by molar-refractivity contribution is 6.03. The molecule has 0 radical (unpaired) electrons. The zero-order valence-corrected chi connectivity index (χ0v) is 13.1. The highest BCUT2D eigenvalue weighted by Crippen LogP contribution is 2.36. The van der Waals surface area contributed by atoms with Crippen LogP contribution in [0.2, 0.25) is 0 Å². The standard InChI is InChI=1S/C18H20N2O2/c1-18(2)14-10-12(21)8-9-13(14)16(20(18)3)11-19-15-6-4-5-7-17(15)22/h4-10,19,22H,11H2,1-3H3/p+1. The van der Waals surface area contributed by atoms with Crippen LogP contribution >= 0.6 is 0 Å². The Morgan fingerprint density at radius 1 is 1.09 bits per heavy atom. The number of hydrogen-bond acceptors (Lipinski definition) is 3. The number of rotatable bonds is 3. The van der Waals surface area contributed by atoms with Gasteiger partial charge in [-0.05, 0) is 30.3 Å². The average molecular weight is 297 g/mol. The summed E-state index contributed by atoms with van der Waals surface area (Å²) in [6.07, 6.45) is 0. The smallest absolute Gasteiger partial charge is 0.203 e. The van der Waals surface area contributed by atoms with Gasteiger partial charge in [0.15, 0.2) is 5.54 Å². The summed E-state index contributed by atoms with van der Waals surface area (Å²) >= 11 is 0. The second-order valence-corrected chi connectivity index (χ2v) is 6.17. The second kappa shape index (κ2) is 5.05. The van der Waals surface area contributed by atoms with Crippen molar-refractivity contribution in [3.05, 3.63) is 53.6 Å². The van der Waals surface area contributed by atoms with Crippen LogP contribution in [0.25, 0.3) is 0 Å². The molecule has 4 heteroatoms. The van der Waals surface area contributed by atoms with Gasteiger partial charge in [0.1, 0.15) is 25.1 Å². The molecule has 0 fully saturated rings. The maximum absolute atomic E-state index is 9.87. The normalized spacial score (nSPS) is 15.8. The molecule has 0 saturated carbocycles. The lowest BCUT2D eigenvalue weighted by Crippen LogP contribution is -2.30. The number of para-hydroxylation sites is 2. The summed E-state index contributed by atoms with van der Waals surface area (Å²) in [5.41, 5.74) is 3.93. The third-order valence-electron chi connectivity index (χ3n) is 4.57. The number of nitrogens with one attached hydrogen (secondary N) is 1. The first-order valence-corrected chi connectivity index (χ1v) is 7.36. The molecule has 0 saturated heterocycles. The zero-order valence-electron chi connectivity index (χ0n) is 13.1. The Labute approximate surface area is 130 Å². The van der Waals surface area contributed by atoms with Crippen LogP contribution in [0.3, 0.4) is 0 Å². The minimum atomic E-state index is -0.177. The lowest BCUT2D eigenvalue weighted by Gasteiger charge is -2.16. The van der Waals surface area contributed by atoms with E-state index in [-0.39, 0.29) is 17.0 Å². The van der Waals surface area contributed by atoms with Crippen molar-refractivity contribution in [1.29, 1.82) is 0 Å². The predicted molar refractivity (Wildman–Crippen MR) is 88.0 cm³/mol. The van der Waals surface area contributed by atoms with E-state index < -0.39 is 0 Å². The van der Waals surface area contributed by atoms with Crippen molar-refractivity contribution in [3.63, 3.8) is 0 Å². The van der Waals surface area contributed by atoms with Crippen LogP contribution in [0.1, 0.15) is 25.0 Å². The van der Waals surface area contributed by atoms with Gasteiger partial charge in [0.2, 0.25) is 5.71 Å². The van der Waals surface area contributed by atoms with Gasteiger partial charge in [0.05, 0.1) is 11.3 Å². The van der Waals surface area contributed by atoms with Crippen LogP contribution in [-0.2, 0) is 5.54 Å². The molecule has 0 aliphatic carbocycles. The monoisotopic (exact) mass is 297 g/mol. The Kier molecular flexibility index (Phi) is 3.32. The molecule has 114 valence electrons. The van der Waals surface area contributed by atoms with Crippen LogP contribution in [0.4, 0.5) is 5.69 Å². The molecule has 0 unspecified atom stereocenters. The number of nitrogens with zero attached hydrogens (tertiary/aromatic N) is 1. The van der Waals surface area contributed by atoms with E-state index in [9.17, 15) is 10.2 Å². The van der Waals surface area contributed by atoms with Crippen LogP contribution in [0, 0.1) is 0 Å². The van der Waals surface area contributed by atoms with Crippen molar-refractivity contribution >= 4 is 11.4 Å². The molecule has 0 atom stereocenters. The summed E-state index contributed by atoms with van der Waals surface area (Å²) in [4.78, 5) is 0. The molecule has 3 N–H and O–H groups in total. The van der Waals surface area contributed by atoms with Crippen LogP contribution in [0.5, 0.6) is 11.5 Å². The van der Waals surface area contributed by atoms with E-state index in [0.717, 1.165) is 16.8 Å². The molecule has 0 bridgehead atoms. The summed E-state index contributed by atoms with van der Waals surface area (Å²) in [6, 6.07) is 12.7. The first-order chi connectivity index (χ1) is 10.4. The summed E-state index contributed by atoms with van der Waals surface area (Å²) in [7, 11) is 2.05. The summed E-state index contributed by atoms with van der Waals surface area (Å²) in [5, 5.41) is 22.9. The Balaban J connectivity index is 1.94. The van der Waals surface area contributed by atoms with E-state index >= 15 is 0 Å². The van der Waals surface area contributed by atoms with Crippen molar-refractivity contribution in [3.8, 4) is 11.5 Å². The highest BCUT2D eigenvalue weighted by Gasteiger charge is 2.42. The van der Waals surface area contributed by atoms with E-state index in [2.05, 4.69) is 30.8 Å². The molecule has 22 heavy (non-hydrogen) atoms. The zero-order chi connectivity index (χ0) is 15.9. The third kappa shape index (κ3) is 2.21. The van der Waals surface area contributed by atoms with Crippen LogP contribution < -0.4 is 5.32 Å². The van der Waals surface area contributed by atoms with Gasteiger partial charge in [-0.15, -0.1) is 0 Å². The van der Waals surface area contributed by atoms with Crippen molar-refractivity contribution in [1.82, 2.24) is 0 Å². The number of phenols is 2. The minimum absolute atomic E-state index is 0.177. The first-order valence-electron chi connectivity index (χ1n) is 7.36. The quantitative estimate of drug-likeness (QED) is 0.603. The molecule has 4 nitrogen and oxygen atoms in total. The fraction of sp³-hybridized carbons (Fsp3) is 0.278. The maximum atomic E-state index is 9.87. The van der Waals surface area contributed by atoms with Gasteiger partial charge in [-0.2, -0.15) is 0 Å². The molecule has 2 aromatic carbocycles. The topological polar surface area (TPSA) is 55.5 Å². The number of benzene rings is 2. The fourth-order valence-electron chi connectivity index (χ4n) is 3.00. The summed E-state index contributed by atoms with van der Waals surface area (Å²) in [5.74, 6) is 0.532. The molecule has 0 spiro atoms. The third-order valence-corrected chi connectivity index (χ3v) is 4.57. The van der Waals surface area contributed by atoms with E-state index in [4.69, 9.17) is 0 Å². The number of anilines is 1. The average Bonchev–Trinajstić information content (AvgIpc) is 2.67. The van der Waals surface area contributed by atoms with E-state index in [1.165, 1.54) is 0 Å². The molecule has 2 aromatic rings. The Morgan fingerprint density at radius 2 is 1.82 bits per heavy atom. The van der Waals surface area contributed by atoms with Crippen LogP contribution in [-0.4, -0.2) is 34.1 Å². The van der Waals surface area contributed by atoms with Crippen molar-refractivity contribution in [2.75, 3.05) is 18.9 Å². The molecule has 1 aliphatic rings. The maximum Gasteiger partial charge on any atom is 0.203 e. The summed E-state index contributed by atoms with van der Waals surface area (Å²) < 4.78 is 2.21. The minimum Gasteiger partial charge on any atom is -0.508 e. The van der Waals surface area contributed by atoms with E-state index in [1.807, 2.05) is 24.3 Å². The lowest BCUT2D eigenvalue weighted by molar-refractivity contribution is -0.579. The Morgan fingerprint density at radius 3 is 2.55 bits per heavy atom. The van der Waals surface area contributed by atoms with Crippen LogP contribution in [0.15, 0.2) is 42.5 Å².